The number of nitrogens with one attached hydrogen (secondary N) is 1. The number of carbonyl (C=O) groups is 1. The molecule has 2 rings (SSSR count). The topological polar surface area (TPSA) is 42.0 Å². The van der Waals surface area contributed by atoms with Crippen LogP contribution in [0, 0.1) is 0 Å². The Morgan fingerprint density at radius 3 is 2.63 bits per heavy atom. The Balaban J connectivity index is 2.04. The molecule has 0 radical (unpaired) electrons. The van der Waals surface area contributed by atoms with Crippen molar-refractivity contribution in [2.45, 2.75) is 6.54 Å². The molecule has 6 heteroatoms. The van der Waals surface area contributed by atoms with Gasteiger partial charge in [0.2, 0.25) is 0 Å². The molecule has 0 unspecified atom stereocenters. The first-order chi connectivity index (χ1) is 9.08. The largest absolute Gasteiger partial charge is 0.348 e. The van der Waals surface area contributed by atoms with E-state index >= 15 is 0 Å². The molecule has 0 bridgehead atoms. The van der Waals surface area contributed by atoms with E-state index in [1.54, 1.807) is 30.3 Å². The average Bonchev–Trinajstić information content (AvgIpc) is 2.40. The predicted octanol–water partition coefficient (Wildman–Crippen LogP) is 3.97. The van der Waals surface area contributed by atoms with E-state index in [1.165, 1.54) is 6.20 Å². The van der Waals surface area contributed by atoms with Gasteiger partial charge in [-0.2, -0.15) is 0 Å². The van der Waals surface area contributed by atoms with E-state index < -0.39 is 0 Å². The Morgan fingerprint density at radius 2 is 1.95 bits per heavy atom. The molecule has 1 heterocycles. The Labute approximate surface area is 125 Å². The maximum absolute atomic E-state index is 11.9. The predicted molar refractivity (Wildman–Crippen MR) is 76.9 cm³/mol. The van der Waals surface area contributed by atoms with E-state index in [4.69, 9.17) is 34.8 Å². The van der Waals surface area contributed by atoms with Gasteiger partial charge in [0.25, 0.3) is 5.91 Å². The molecule has 1 aromatic heterocycles. The zero-order valence-electron chi connectivity index (χ0n) is 9.66. The highest BCUT2D eigenvalue weighted by Crippen LogP contribution is 2.22. The number of hydrogen-bond acceptors (Lipinski definition) is 2. The van der Waals surface area contributed by atoms with Crippen molar-refractivity contribution in [3.8, 4) is 0 Å². The Morgan fingerprint density at radius 1 is 1.16 bits per heavy atom. The van der Waals surface area contributed by atoms with Crippen LogP contribution in [0.25, 0.3) is 0 Å². The van der Waals surface area contributed by atoms with E-state index in [-0.39, 0.29) is 11.1 Å². The quantitative estimate of drug-likeness (QED) is 0.871. The number of hydrogen-bond donors (Lipinski definition) is 1. The van der Waals surface area contributed by atoms with E-state index in [2.05, 4.69) is 10.3 Å². The molecule has 0 saturated carbocycles. The van der Waals surface area contributed by atoms with Gasteiger partial charge in [-0.05, 0) is 29.8 Å². The molecule has 1 amide bonds. The number of rotatable bonds is 3. The van der Waals surface area contributed by atoms with Crippen LogP contribution in [-0.2, 0) is 6.54 Å². The Hall–Kier alpha value is -1.29. The normalized spacial score (nSPS) is 10.3. The van der Waals surface area contributed by atoms with Gasteiger partial charge >= 0.3 is 0 Å². The summed E-state index contributed by atoms with van der Waals surface area (Å²) in [5, 5.41) is 3.84. The van der Waals surface area contributed by atoms with Crippen molar-refractivity contribution in [2.75, 3.05) is 0 Å². The van der Waals surface area contributed by atoms with Crippen LogP contribution >= 0.6 is 34.8 Å². The summed E-state index contributed by atoms with van der Waals surface area (Å²) in [5.41, 5.74) is 1.19. The molecule has 0 spiro atoms. The third kappa shape index (κ3) is 3.60. The van der Waals surface area contributed by atoms with Gasteiger partial charge in [-0.1, -0.05) is 40.9 Å². The van der Waals surface area contributed by atoms with Crippen LogP contribution in [0.5, 0.6) is 0 Å². The van der Waals surface area contributed by atoms with Crippen LogP contribution in [0.1, 0.15) is 15.9 Å². The standard InChI is InChI=1S/C13H9Cl3N2O/c14-10-4-3-8(6-11(10)15)7-18-13(19)9-2-1-5-17-12(9)16/h1-6H,7H2,(H,18,19). The minimum atomic E-state index is -0.288. The summed E-state index contributed by atoms with van der Waals surface area (Å²) >= 11 is 17.5. The molecular formula is C13H9Cl3N2O. The lowest BCUT2D eigenvalue weighted by atomic mass is 10.2. The maximum atomic E-state index is 11.9. The second-order valence-electron chi connectivity index (χ2n) is 3.77. The van der Waals surface area contributed by atoms with Crippen LogP contribution in [0.4, 0.5) is 0 Å². The number of halogens is 3. The van der Waals surface area contributed by atoms with E-state index in [1.807, 2.05) is 0 Å². The highest BCUT2D eigenvalue weighted by atomic mass is 35.5. The molecule has 1 aromatic carbocycles. The number of aromatic nitrogens is 1. The molecular weight excluding hydrogens is 307 g/mol. The molecule has 0 saturated heterocycles. The number of amides is 1. The first-order valence-corrected chi connectivity index (χ1v) is 6.54. The summed E-state index contributed by atoms with van der Waals surface area (Å²) in [6, 6.07) is 8.44. The summed E-state index contributed by atoms with van der Waals surface area (Å²) in [4.78, 5) is 15.7. The van der Waals surface area contributed by atoms with Gasteiger partial charge in [0, 0.05) is 12.7 Å². The highest BCUT2D eigenvalue weighted by molar-refractivity contribution is 6.42. The van der Waals surface area contributed by atoms with Crippen molar-refractivity contribution in [2.24, 2.45) is 0 Å². The van der Waals surface area contributed by atoms with Crippen molar-refractivity contribution in [1.82, 2.24) is 10.3 Å². The van der Waals surface area contributed by atoms with Gasteiger partial charge < -0.3 is 5.32 Å². The van der Waals surface area contributed by atoms with E-state index in [0.717, 1.165) is 5.56 Å². The Kier molecular flexibility index (Phi) is 4.64. The molecule has 0 aliphatic rings. The molecule has 19 heavy (non-hydrogen) atoms. The van der Waals surface area contributed by atoms with Crippen molar-refractivity contribution in [3.63, 3.8) is 0 Å². The molecule has 0 aliphatic carbocycles. The van der Waals surface area contributed by atoms with Crippen molar-refractivity contribution >= 4 is 40.7 Å². The fourth-order valence-corrected chi connectivity index (χ4v) is 2.01. The van der Waals surface area contributed by atoms with E-state index in [0.29, 0.717) is 22.2 Å². The lowest BCUT2D eigenvalue weighted by Crippen LogP contribution is -2.23. The minimum absolute atomic E-state index is 0.175. The van der Waals surface area contributed by atoms with Crippen LogP contribution in [-0.4, -0.2) is 10.9 Å². The molecule has 2 aromatic rings. The fourth-order valence-electron chi connectivity index (χ4n) is 1.48. The molecule has 0 aliphatic heterocycles. The Bertz CT molecular complexity index is 617. The molecule has 3 nitrogen and oxygen atoms in total. The summed E-state index contributed by atoms with van der Waals surface area (Å²) in [7, 11) is 0. The van der Waals surface area contributed by atoms with Gasteiger partial charge in [0.15, 0.2) is 0 Å². The monoisotopic (exact) mass is 314 g/mol. The number of carbonyl (C=O) groups excluding carboxylic acids is 1. The van der Waals surface area contributed by atoms with Crippen molar-refractivity contribution in [1.29, 1.82) is 0 Å². The smallest absolute Gasteiger partial charge is 0.254 e. The van der Waals surface area contributed by atoms with Gasteiger partial charge in [0.05, 0.1) is 15.6 Å². The first-order valence-electron chi connectivity index (χ1n) is 5.40. The number of pyridine rings is 1. The molecule has 1 N–H and O–H groups in total. The van der Waals surface area contributed by atoms with Gasteiger partial charge in [-0.25, -0.2) is 4.98 Å². The second kappa shape index (κ2) is 6.24. The average molecular weight is 316 g/mol. The lowest BCUT2D eigenvalue weighted by molar-refractivity contribution is 0.0950. The van der Waals surface area contributed by atoms with E-state index in [9.17, 15) is 4.79 Å². The van der Waals surface area contributed by atoms with Crippen LogP contribution < -0.4 is 5.32 Å². The van der Waals surface area contributed by atoms with Gasteiger partial charge in [-0.3, -0.25) is 4.79 Å². The lowest BCUT2D eigenvalue weighted by Gasteiger charge is -2.07. The van der Waals surface area contributed by atoms with Crippen molar-refractivity contribution < 1.29 is 4.79 Å². The molecule has 0 fully saturated rings. The molecule has 98 valence electrons. The maximum Gasteiger partial charge on any atom is 0.254 e. The zero-order chi connectivity index (χ0) is 13.8. The highest BCUT2D eigenvalue weighted by Gasteiger charge is 2.10. The van der Waals surface area contributed by atoms with Crippen LogP contribution in [0.15, 0.2) is 36.5 Å². The zero-order valence-corrected chi connectivity index (χ0v) is 11.9. The van der Waals surface area contributed by atoms with Gasteiger partial charge in [0.1, 0.15) is 5.15 Å². The number of nitrogens with zero attached hydrogens (tertiary/aromatic N) is 1. The minimum Gasteiger partial charge on any atom is -0.348 e. The second-order valence-corrected chi connectivity index (χ2v) is 4.95. The van der Waals surface area contributed by atoms with Crippen molar-refractivity contribution in [3.05, 3.63) is 62.9 Å². The summed E-state index contributed by atoms with van der Waals surface area (Å²) in [5.74, 6) is -0.288. The third-order valence-corrected chi connectivity index (χ3v) is 3.48. The van der Waals surface area contributed by atoms with Gasteiger partial charge in [-0.15, -0.1) is 0 Å². The summed E-state index contributed by atoms with van der Waals surface area (Å²) < 4.78 is 0. The summed E-state index contributed by atoms with van der Waals surface area (Å²) in [6.45, 7) is 0.334. The van der Waals surface area contributed by atoms with Crippen LogP contribution in [0.3, 0.4) is 0 Å². The SMILES string of the molecule is O=C(NCc1ccc(Cl)c(Cl)c1)c1cccnc1Cl. The third-order valence-electron chi connectivity index (χ3n) is 2.44. The first kappa shape index (κ1) is 14.1. The number of benzene rings is 1. The molecule has 0 atom stereocenters. The summed E-state index contributed by atoms with van der Waals surface area (Å²) in [6.07, 6.45) is 1.53. The van der Waals surface area contributed by atoms with Crippen LogP contribution in [0.2, 0.25) is 15.2 Å². The fraction of sp³-hybridized carbons (Fsp3) is 0.0769.